The Bertz CT molecular complexity index is 1060. The quantitative estimate of drug-likeness (QED) is 0.538. The van der Waals surface area contributed by atoms with Crippen molar-refractivity contribution >= 4 is 16.9 Å². The lowest BCUT2D eigenvalue weighted by Crippen LogP contribution is -2.01. The van der Waals surface area contributed by atoms with Crippen molar-refractivity contribution < 1.29 is 9.47 Å². The summed E-state index contributed by atoms with van der Waals surface area (Å²) in [4.78, 5) is 12.6. The number of fused-ring (bicyclic) bond motifs is 1. The van der Waals surface area contributed by atoms with E-state index in [4.69, 9.17) is 14.5 Å². The number of hydrogen-bond donors (Lipinski definition) is 2. The van der Waals surface area contributed by atoms with Crippen molar-refractivity contribution in [1.82, 2.24) is 15.0 Å². The van der Waals surface area contributed by atoms with Crippen LogP contribution < -0.4 is 14.8 Å². The molecule has 0 aliphatic carbocycles. The first-order valence-electron chi connectivity index (χ1n) is 8.63. The van der Waals surface area contributed by atoms with E-state index in [0.29, 0.717) is 18.0 Å². The molecule has 6 nitrogen and oxygen atoms in total. The first-order chi connectivity index (χ1) is 13.3. The van der Waals surface area contributed by atoms with Crippen molar-refractivity contribution in [2.75, 3.05) is 19.5 Å². The molecule has 0 unspecified atom stereocenters. The number of aromatic amines is 1. The van der Waals surface area contributed by atoms with Gasteiger partial charge in [0.25, 0.3) is 0 Å². The molecular formula is C21H20N4O2. The second-order valence-electron chi connectivity index (χ2n) is 6.05. The topological polar surface area (TPSA) is 72.1 Å². The Morgan fingerprint density at radius 3 is 2.56 bits per heavy atom. The van der Waals surface area contributed by atoms with Crippen LogP contribution >= 0.6 is 0 Å². The number of methoxy groups -OCH3 is 2. The fraction of sp³-hybridized carbons (Fsp3) is 0.143. The van der Waals surface area contributed by atoms with Crippen LogP contribution in [0.5, 0.6) is 11.5 Å². The Hall–Kier alpha value is -3.54. The lowest BCUT2D eigenvalue weighted by Gasteiger charge is -2.08. The van der Waals surface area contributed by atoms with Crippen molar-refractivity contribution in [3.8, 4) is 22.9 Å². The summed E-state index contributed by atoms with van der Waals surface area (Å²) in [6.45, 7) is 0.686. The van der Waals surface area contributed by atoms with Crippen LogP contribution in [0.3, 0.4) is 0 Å². The zero-order chi connectivity index (χ0) is 18.6. The molecule has 2 aromatic heterocycles. The minimum absolute atomic E-state index is 0.663. The van der Waals surface area contributed by atoms with E-state index >= 15 is 0 Å². The van der Waals surface area contributed by atoms with E-state index < -0.39 is 0 Å². The summed E-state index contributed by atoms with van der Waals surface area (Å²) >= 11 is 0. The summed E-state index contributed by atoms with van der Waals surface area (Å²) in [6.07, 6.45) is 1.77. The van der Waals surface area contributed by atoms with Crippen LogP contribution in [0, 0.1) is 0 Å². The molecule has 0 amide bonds. The van der Waals surface area contributed by atoms with Gasteiger partial charge in [-0.15, -0.1) is 0 Å². The maximum absolute atomic E-state index is 5.39. The van der Waals surface area contributed by atoms with Gasteiger partial charge in [0.2, 0.25) is 0 Å². The second-order valence-corrected chi connectivity index (χ2v) is 6.05. The average Bonchev–Trinajstić information content (AvgIpc) is 3.17. The number of aromatic nitrogens is 3. The van der Waals surface area contributed by atoms with Gasteiger partial charge in [-0.2, -0.15) is 0 Å². The molecule has 2 heterocycles. The number of imidazole rings is 1. The van der Waals surface area contributed by atoms with Gasteiger partial charge in [-0.3, -0.25) is 0 Å². The molecular weight excluding hydrogens is 340 g/mol. The van der Waals surface area contributed by atoms with Gasteiger partial charge in [-0.05, 0) is 29.8 Å². The number of H-pyrrole nitrogens is 1. The number of anilines is 1. The second kappa shape index (κ2) is 7.37. The van der Waals surface area contributed by atoms with Crippen molar-refractivity contribution in [2.45, 2.75) is 6.54 Å². The van der Waals surface area contributed by atoms with Gasteiger partial charge in [0, 0.05) is 18.3 Å². The SMILES string of the molecule is COc1ccc(-c2nc3c(NCc4ccccc4)nccc3[nH]2)cc1OC. The van der Waals surface area contributed by atoms with Crippen LogP contribution in [0.1, 0.15) is 5.56 Å². The molecule has 2 aromatic carbocycles. The van der Waals surface area contributed by atoms with E-state index in [-0.39, 0.29) is 0 Å². The Kier molecular flexibility index (Phi) is 4.61. The van der Waals surface area contributed by atoms with Gasteiger partial charge in [-0.25, -0.2) is 9.97 Å². The highest BCUT2D eigenvalue weighted by Gasteiger charge is 2.12. The third kappa shape index (κ3) is 3.42. The highest BCUT2D eigenvalue weighted by atomic mass is 16.5. The third-order valence-electron chi connectivity index (χ3n) is 4.36. The summed E-state index contributed by atoms with van der Waals surface area (Å²) < 4.78 is 10.7. The smallest absolute Gasteiger partial charge is 0.161 e. The van der Waals surface area contributed by atoms with Crippen LogP contribution in [-0.4, -0.2) is 29.2 Å². The number of rotatable bonds is 6. The van der Waals surface area contributed by atoms with E-state index in [9.17, 15) is 0 Å². The summed E-state index contributed by atoms with van der Waals surface area (Å²) in [7, 11) is 3.24. The summed E-state index contributed by atoms with van der Waals surface area (Å²) in [5, 5.41) is 3.37. The third-order valence-corrected chi connectivity index (χ3v) is 4.36. The molecule has 0 radical (unpaired) electrons. The Morgan fingerprint density at radius 1 is 0.963 bits per heavy atom. The highest BCUT2D eigenvalue weighted by Crippen LogP contribution is 2.32. The van der Waals surface area contributed by atoms with Gasteiger partial charge >= 0.3 is 0 Å². The predicted octanol–water partition coefficient (Wildman–Crippen LogP) is 4.25. The van der Waals surface area contributed by atoms with Crippen LogP contribution in [-0.2, 0) is 6.54 Å². The Morgan fingerprint density at radius 2 is 1.78 bits per heavy atom. The molecule has 0 aliphatic rings. The lowest BCUT2D eigenvalue weighted by molar-refractivity contribution is 0.355. The normalized spacial score (nSPS) is 10.7. The Labute approximate surface area is 157 Å². The van der Waals surface area contributed by atoms with Crippen LogP contribution in [0.2, 0.25) is 0 Å². The van der Waals surface area contributed by atoms with Crippen LogP contribution in [0.25, 0.3) is 22.4 Å². The number of nitrogens with zero attached hydrogens (tertiary/aromatic N) is 2. The van der Waals surface area contributed by atoms with Gasteiger partial charge < -0.3 is 19.8 Å². The molecule has 6 heteroatoms. The molecule has 4 aromatic rings. The van der Waals surface area contributed by atoms with Gasteiger partial charge in [0.1, 0.15) is 11.3 Å². The first kappa shape index (κ1) is 16.9. The molecule has 136 valence electrons. The Balaban J connectivity index is 1.66. The lowest BCUT2D eigenvalue weighted by atomic mass is 10.2. The largest absolute Gasteiger partial charge is 0.493 e. The molecule has 0 saturated carbocycles. The zero-order valence-electron chi connectivity index (χ0n) is 15.2. The zero-order valence-corrected chi connectivity index (χ0v) is 15.2. The van der Waals surface area contributed by atoms with Crippen molar-refractivity contribution in [1.29, 1.82) is 0 Å². The van der Waals surface area contributed by atoms with E-state index in [2.05, 4.69) is 27.4 Å². The maximum Gasteiger partial charge on any atom is 0.161 e. The monoisotopic (exact) mass is 360 g/mol. The van der Waals surface area contributed by atoms with Crippen molar-refractivity contribution in [2.24, 2.45) is 0 Å². The van der Waals surface area contributed by atoms with Gasteiger partial charge in [0.05, 0.1) is 19.7 Å². The molecule has 0 saturated heterocycles. The van der Waals surface area contributed by atoms with E-state index in [0.717, 1.165) is 28.2 Å². The number of ether oxygens (including phenoxy) is 2. The number of nitrogens with one attached hydrogen (secondary N) is 2. The average molecular weight is 360 g/mol. The molecule has 0 atom stereocenters. The predicted molar refractivity (Wildman–Crippen MR) is 106 cm³/mol. The van der Waals surface area contributed by atoms with E-state index in [1.807, 2.05) is 42.5 Å². The fourth-order valence-corrected chi connectivity index (χ4v) is 2.97. The van der Waals surface area contributed by atoms with Gasteiger partial charge in [0.15, 0.2) is 17.3 Å². The van der Waals surface area contributed by atoms with Crippen molar-refractivity contribution in [3.05, 3.63) is 66.4 Å². The molecule has 0 fully saturated rings. The minimum atomic E-state index is 0.663. The van der Waals surface area contributed by atoms with Crippen LogP contribution in [0.4, 0.5) is 5.82 Å². The maximum atomic E-state index is 5.39. The highest BCUT2D eigenvalue weighted by molar-refractivity contribution is 5.88. The molecule has 4 rings (SSSR count). The molecule has 27 heavy (non-hydrogen) atoms. The van der Waals surface area contributed by atoms with Crippen LogP contribution in [0.15, 0.2) is 60.8 Å². The number of benzene rings is 2. The standard InChI is InChI=1S/C21H20N4O2/c1-26-17-9-8-15(12-18(17)27-2)20-24-16-10-11-22-21(19(16)25-20)23-13-14-6-4-3-5-7-14/h3-12H,13H2,1-2H3,(H,22,23)(H,24,25). The number of pyridine rings is 1. The fourth-order valence-electron chi connectivity index (χ4n) is 2.97. The molecule has 0 bridgehead atoms. The molecule has 0 spiro atoms. The van der Waals surface area contributed by atoms with Gasteiger partial charge in [-0.1, -0.05) is 30.3 Å². The van der Waals surface area contributed by atoms with Crippen molar-refractivity contribution in [3.63, 3.8) is 0 Å². The minimum Gasteiger partial charge on any atom is -0.493 e. The number of hydrogen-bond acceptors (Lipinski definition) is 5. The summed E-state index contributed by atoms with van der Waals surface area (Å²) in [5.74, 6) is 2.85. The summed E-state index contributed by atoms with van der Waals surface area (Å²) in [5.41, 5.74) is 3.83. The first-order valence-corrected chi connectivity index (χ1v) is 8.63. The molecule has 0 aliphatic heterocycles. The molecule has 2 N–H and O–H groups in total. The summed E-state index contributed by atoms with van der Waals surface area (Å²) in [6, 6.07) is 17.8. The van der Waals surface area contributed by atoms with E-state index in [1.54, 1.807) is 20.4 Å². The van der Waals surface area contributed by atoms with E-state index in [1.165, 1.54) is 5.56 Å².